The summed E-state index contributed by atoms with van der Waals surface area (Å²) in [6.45, 7) is 10.4. The van der Waals surface area contributed by atoms with Gasteiger partial charge in [0.05, 0.1) is 12.1 Å². The molecular weight excluding hydrogens is 422 g/mol. The normalized spacial score (nSPS) is 13.6. The number of amides is 2. The first kappa shape index (κ1) is 23.3. The summed E-state index contributed by atoms with van der Waals surface area (Å²) in [5.74, 6) is -0.589. The van der Waals surface area contributed by atoms with Crippen LogP contribution in [0.25, 0.3) is 5.57 Å². The van der Waals surface area contributed by atoms with E-state index in [9.17, 15) is 9.59 Å². The van der Waals surface area contributed by atoms with Crippen LogP contribution >= 0.6 is 0 Å². The van der Waals surface area contributed by atoms with Crippen molar-refractivity contribution in [2.75, 3.05) is 23.3 Å². The van der Waals surface area contributed by atoms with Gasteiger partial charge in [-0.1, -0.05) is 48.5 Å². The second-order valence-corrected chi connectivity index (χ2v) is 8.58. The molecule has 0 aromatic heterocycles. The zero-order valence-electron chi connectivity index (χ0n) is 20.3. The number of hydrogen-bond donors (Lipinski definition) is 1. The minimum Gasteiger partial charge on any atom is -0.372 e. The molecule has 3 aromatic rings. The van der Waals surface area contributed by atoms with Crippen LogP contribution in [0.2, 0.25) is 0 Å². The van der Waals surface area contributed by atoms with Crippen LogP contribution in [0, 0.1) is 13.8 Å². The van der Waals surface area contributed by atoms with Crippen molar-refractivity contribution in [3.8, 4) is 0 Å². The molecule has 4 rings (SSSR count). The Labute approximate surface area is 201 Å². The molecule has 0 saturated carbocycles. The van der Waals surface area contributed by atoms with Crippen LogP contribution in [-0.2, 0) is 16.1 Å². The fourth-order valence-electron chi connectivity index (χ4n) is 4.25. The fraction of sp³-hybridized carbons (Fsp3) is 0.241. The minimum absolute atomic E-state index is 0.235. The first-order valence-electron chi connectivity index (χ1n) is 11.8. The lowest BCUT2D eigenvalue weighted by molar-refractivity contribution is -0.137. The second kappa shape index (κ2) is 9.96. The molecule has 0 unspecified atom stereocenters. The van der Waals surface area contributed by atoms with Gasteiger partial charge in [-0.15, -0.1) is 0 Å². The van der Waals surface area contributed by atoms with Crippen LogP contribution in [0.15, 0.2) is 78.5 Å². The Morgan fingerprint density at radius 1 is 0.794 bits per heavy atom. The first-order valence-corrected chi connectivity index (χ1v) is 11.8. The molecule has 2 amide bonds. The molecule has 1 N–H and O–H groups in total. The highest BCUT2D eigenvalue weighted by molar-refractivity contribution is 6.36. The molecule has 5 heteroatoms. The quantitative estimate of drug-likeness (QED) is 0.455. The Kier molecular flexibility index (Phi) is 6.82. The number of carbonyl (C=O) groups excluding carboxylic acids is 2. The van der Waals surface area contributed by atoms with Crippen molar-refractivity contribution in [1.29, 1.82) is 0 Å². The lowest BCUT2D eigenvalue weighted by atomic mass is 9.99. The Bertz CT molecular complexity index is 1230. The summed E-state index contributed by atoms with van der Waals surface area (Å²) in [5, 5.41) is 3.27. The van der Waals surface area contributed by atoms with Gasteiger partial charge in [0.25, 0.3) is 11.8 Å². The highest BCUT2D eigenvalue weighted by Crippen LogP contribution is 2.32. The number of aryl methyl sites for hydroxylation is 2. The Morgan fingerprint density at radius 2 is 1.47 bits per heavy atom. The van der Waals surface area contributed by atoms with Gasteiger partial charge in [-0.05, 0) is 74.2 Å². The molecule has 1 aliphatic rings. The van der Waals surface area contributed by atoms with E-state index in [-0.39, 0.29) is 18.4 Å². The van der Waals surface area contributed by atoms with E-state index in [1.807, 2.05) is 86.6 Å². The van der Waals surface area contributed by atoms with Gasteiger partial charge in [-0.25, -0.2) is 0 Å². The van der Waals surface area contributed by atoms with Crippen LogP contribution in [0.1, 0.15) is 36.1 Å². The van der Waals surface area contributed by atoms with E-state index in [2.05, 4.69) is 24.1 Å². The van der Waals surface area contributed by atoms with E-state index in [1.165, 1.54) is 4.90 Å². The number of anilines is 2. The van der Waals surface area contributed by atoms with E-state index >= 15 is 0 Å². The molecule has 5 nitrogen and oxygen atoms in total. The third kappa shape index (κ3) is 4.60. The maximum atomic E-state index is 13.5. The van der Waals surface area contributed by atoms with Gasteiger partial charge in [0.1, 0.15) is 5.70 Å². The van der Waals surface area contributed by atoms with Crippen molar-refractivity contribution >= 4 is 28.8 Å². The van der Waals surface area contributed by atoms with E-state index < -0.39 is 0 Å². The summed E-state index contributed by atoms with van der Waals surface area (Å²) < 4.78 is 0. The first-order chi connectivity index (χ1) is 16.4. The van der Waals surface area contributed by atoms with Crippen LogP contribution in [0.3, 0.4) is 0 Å². The molecule has 34 heavy (non-hydrogen) atoms. The van der Waals surface area contributed by atoms with Crippen LogP contribution in [0.4, 0.5) is 11.4 Å². The molecule has 0 aliphatic carbocycles. The van der Waals surface area contributed by atoms with Crippen molar-refractivity contribution < 1.29 is 9.59 Å². The van der Waals surface area contributed by atoms with Crippen LogP contribution in [0.5, 0.6) is 0 Å². The predicted molar refractivity (Wildman–Crippen MR) is 138 cm³/mol. The van der Waals surface area contributed by atoms with Crippen LogP contribution in [-0.4, -0.2) is 29.8 Å². The molecule has 0 saturated heterocycles. The summed E-state index contributed by atoms with van der Waals surface area (Å²) in [4.78, 5) is 30.6. The Hall–Kier alpha value is -3.86. The number of imide groups is 1. The fourth-order valence-corrected chi connectivity index (χ4v) is 4.25. The zero-order chi connectivity index (χ0) is 24.2. The van der Waals surface area contributed by atoms with E-state index in [4.69, 9.17) is 0 Å². The van der Waals surface area contributed by atoms with Crippen molar-refractivity contribution in [3.63, 3.8) is 0 Å². The number of nitrogens with zero attached hydrogens (tertiary/aromatic N) is 2. The molecule has 0 radical (unpaired) electrons. The third-order valence-electron chi connectivity index (χ3n) is 6.41. The van der Waals surface area contributed by atoms with Crippen molar-refractivity contribution in [2.45, 2.75) is 34.2 Å². The standard InChI is InChI=1S/C29H31N3O2/c1-5-31(6-2)25-16-14-24(15-17-25)30-27-26(23-13-12-20(3)21(4)18-23)28(33)32(29(27)34)19-22-10-8-7-9-11-22/h7-18,30H,5-6,19H2,1-4H3. The highest BCUT2D eigenvalue weighted by Gasteiger charge is 2.39. The number of benzene rings is 3. The van der Waals surface area contributed by atoms with E-state index in [0.29, 0.717) is 11.3 Å². The smallest absolute Gasteiger partial charge is 0.278 e. The molecule has 1 heterocycles. The van der Waals surface area contributed by atoms with Gasteiger partial charge in [-0.3, -0.25) is 14.5 Å². The lowest BCUT2D eigenvalue weighted by Gasteiger charge is -2.21. The minimum atomic E-state index is -0.310. The Morgan fingerprint density at radius 3 is 2.09 bits per heavy atom. The van der Waals surface area contributed by atoms with E-state index in [0.717, 1.165) is 46.7 Å². The van der Waals surface area contributed by atoms with Gasteiger partial charge < -0.3 is 10.2 Å². The van der Waals surface area contributed by atoms with Crippen molar-refractivity contribution in [1.82, 2.24) is 4.90 Å². The van der Waals surface area contributed by atoms with Crippen molar-refractivity contribution in [2.24, 2.45) is 0 Å². The summed E-state index contributed by atoms with van der Waals surface area (Å²) in [5.41, 5.74) is 6.51. The molecule has 0 atom stereocenters. The molecule has 3 aromatic carbocycles. The monoisotopic (exact) mass is 453 g/mol. The predicted octanol–water partition coefficient (Wildman–Crippen LogP) is 5.54. The molecule has 174 valence electrons. The van der Waals surface area contributed by atoms with E-state index in [1.54, 1.807) is 0 Å². The maximum Gasteiger partial charge on any atom is 0.278 e. The lowest BCUT2D eigenvalue weighted by Crippen LogP contribution is -2.32. The largest absolute Gasteiger partial charge is 0.372 e. The average Bonchev–Trinajstić information content (AvgIpc) is 3.07. The zero-order valence-corrected chi connectivity index (χ0v) is 20.3. The molecule has 0 spiro atoms. The third-order valence-corrected chi connectivity index (χ3v) is 6.41. The summed E-state index contributed by atoms with van der Waals surface area (Å²) in [6, 6.07) is 23.5. The van der Waals surface area contributed by atoms with Gasteiger partial charge in [-0.2, -0.15) is 0 Å². The van der Waals surface area contributed by atoms with Gasteiger partial charge >= 0.3 is 0 Å². The van der Waals surface area contributed by atoms with Gasteiger partial charge in [0.2, 0.25) is 0 Å². The average molecular weight is 454 g/mol. The number of nitrogens with one attached hydrogen (secondary N) is 1. The number of hydrogen-bond acceptors (Lipinski definition) is 4. The molecule has 1 aliphatic heterocycles. The molecular formula is C29H31N3O2. The summed E-state index contributed by atoms with van der Waals surface area (Å²) >= 11 is 0. The topological polar surface area (TPSA) is 52.7 Å². The van der Waals surface area contributed by atoms with Gasteiger partial charge in [0.15, 0.2) is 0 Å². The summed E-state index contributed by atoms with van der Waals surface area (Å²) in [6.07, 6.45) is 0. The summed E-state index contributed by atoms with van der Waals surface area (Å²) in [7, 11) is 0. The number of rotatable bonds is 8. The van der Waals surface area contributed by atoms with Crippen molar-refractivity contribution in [3.05, 3.63) is 101 Å². The number of carbonyl (C=O) groups is 2. The highest BCUT2D eigenvalue weighted by atomic mass is 16.2. The van der Waals surface area contributed by atoms with Crippen LogP contribution < -0.4 is 10.2 Å². The molecule has 0 bridgehead atoms. The second-order valence-electron chi connectivity index (χ2n) is 8.58. The molecule has 0 fully saturated rings. The maximum absolute atomic E-state index is 13.5. The Balaban J connectivity index is 1.71. The van der Waals surface area contributed by atoms with Gasteiger partial charge in [0, 0.05) is 24.5 Å². The SMILES string of the molecule is CCN(CC)c1ccc(NC2=C(c3ccc(C)c(C)c3)C(=O)N(Cc3ccccc3)C2=O)cc1.